The van der Waals surface area contributed by atoms with E-state index in [9.17, 15) is 14.0 Å². The first-order chi connectivity index (χ1) is 11.6. The first-order valence-electron chi connectivity index (χ1n) is 7.33. The van der Waals surface area contributed by atoms with Crippen molar-refractivity contribution >= 4 is 17.5 Å². The lowest BCUT2D eigenvalue weighted by atomic mass is 10.1. The number of benzene rings is 2. The van der Waals surface area contributed by atoms with E-state index in [2.05, 4.69) is 10.6 Å². The van der Waals surface area contributed by atoms with Gasteiger partial charge in [-0.25, -0.2) is 4.39 Å². The summed E-state index contributed by atoms with van der Waals surface area (Å²) in [5, 5.41) is 13.8. The van der Waals surface area contributed by atoms with E-state index in [1.807, 2.05) is 6.07 Å². The molecule has 6 heteroatoms. The van der Waals surface area contributed by atoms with Crippen molar-refractivity contribution < 1.29 is 14.0 Å². The maximum absolute atomic E-state index is 12.8. The first kappa shape index (κ1) is 17.2. The molecule has 0 aromatic heterocycles. The van der Waals surface area contributed by atoms with E-state index in [4.69, 9.17) is 5.26 Å². The molecule has 2 aromatic carbocycles. The van der Waals surface area contributed by atoms with Crippen molar-refractivity contribution in [2.24, 2.45) is 0 Å². The van der Waals surface area contributed by atoms with Crippen LogP contribution in [0, 0.1) is 17.1 Å². The Morgan fingerprint density at radius 2 is 1.79 bits per heavy atom. The highest BCUT2D eigenvalue weighted by atomic mass is 19.1. The molecule has 0 radical (unpaired) electrons. The smallest absolute Gasteiger partial charge is 0.234 e. The predicted molar refractivity (Wildman–Crippen MR) is 87.3 cm³/mol. The van der Waals surface area contributed by atoms with Crippen LogP contribution in [0.3, 0.4) is 0 Å². The molecule has 2 N–H and O–H groups in total. The zero-order valence-corrected chi connectivity index (χ0v) is 12.9. The molecule has 0 aliphatic rings. The average molecular weight is 325 g/mol. The number of hydrogen-bond donors (Lipinski definition) is 2. The van der Waals surface area contributed by atoms with Crippen LogP contribution in [-0.2, 0) is 22.6 Å². The Kier molecular flexibility index (Phi) is 6.03. The highest BCUT2D eigenvalue weighted by Gasteiger charge is 2.06. The lowest BCUT2D eigenvalue weighted by Crippen LogP contribution is -2.22. The molecule has 24 heavy (non-hydrogen) atoms. The summed E-state index contributed by atoms with van der Waals surface area (Å²) < 4.78 is 12.8. The van der Waals surface area contributed by atoms with Crippen LogP contribution in [0.15, 0.2) is 48.5 Å². The Morgan fingerprint density at radius 1 is 1.04 bits per heavy atom. The van der Waals surface area contributed by atoms with Gasteiger partial charge in [-0.05, 0) is 35.4 Å². The van der Waals surface area contributed by atoms with Crippen LogP contribution in [0.5, 0.6) is 0 Å². The van der Waals surface area contributed by atoms with Crippen molar-refractivity contribution in [2.45, 2.75) is 19.4 Å². The first-order valence-corrected chi connectivity index (χ1v) is 7.33. The van der Waals surface area contributed by atoms with Crippen molar-refractivity contribution in [3.05, 3.63) is 65.5 Å². The summed E-state index contributed by atoms with van der Waals surface area (Å²) in [5.74, 6) is -0.902. The Labute approximate surface area is 139 Å². The number of hydrogen-bond acceptors (Lipinski definition) is 3. The van der Waals surface area contributed by atoms with E-state index in [1.165, 1.54) is 12.1 Å². The van der Waals surface area contributed by atoms with Crippen LogP contribution in [-0.4, -0.2) is 11.8 Å². The molecule has 0 aliphatic carbocycles. The molecule has 0 aliphatic heterocycles. The normalized spacial score (nSPS) is 9.83. The molecule has 0 atom stereocenters. The highest BCUT2D eigenvalue weighted by molar-refractivity contribution is 5.92. The summed E-state index contributed by atoms with van der Waals surface area (Å²) in [7, 11) is 0. The molecule has 0 saturated carbocycles. The predicted octanol–water partition coefficient (Wildman–Crippen LogP) is 2.54. The van der Waals surface area contributed by atoms with E-state index in [1.54, 1.807) is 36.4 Å². The number of amides is 2. The van der Waals surface area contributed by atoms with Gasteiger partial charge in [-0.3, -0.25) is 9.59 Å². The fourth-order valence-corrected chi connectivity index (χ4v) is 2.09. The van der Waals surface area contributed by atoms with Gasteiger partial charge in [0.25, 0.3) is 0 Å². The van der Waals surface area contributed by atoms with Gasteiger partial charge in [-0.2, -0.15) is 5.26 Å². The number of carbonyl (C=O) groups is 2. The summed E-state index contributed by atoms with van der Waals surface area (Å²) >= 11 is 0. The molecule has 2 amide bonds. The number of nitrogens with one attached hydrogen (secondary N) is 2. The Hall–Kier alpha value is -3.20. The van der Waals surface area contributed by atoms with Gasteiger partial charge in [-0.15, -0.1) is 0 Å². The van der Waals surface area contributed by atoms with Crippen LogP contribution in [0.2, 0.25) is 0 Å². The monoisotopic (exact) mass is 325 g/mol. The molecule has 5 nitrogen and oxygen atoms in total. The van der Waals surface area contributed by atoms with Gasteiger partial charge >= 0.3 is 0 Å². The van der Waals surface area contributed by atoms with Gasteiger partial charge in [-0.1, -0.05) is 24.3 Å². The topological polar surface area (TPSA) is 82.0 Å². The van der Waals surface area contributed by atoms with E-state index < -0.39 is 0 Å². The van der Waals surface area contributed by atoms with E-state index >= 15 is 0 Å². The Morgan fingerprint density at radius 3 is 2.50 bits per heavy atom. The molecule has 2 aromatic rings. The van der Waals surface area contributed by atoms with Gasteiger partial charge < -0.3 is 10.6 Å². The quantitative estimate of drug-likeness (QED) is 0.856. The number of anilines is 1. The summed E-state index contributed by atoms with van der Waals surface area (Å²) in [4.78, 5) is 23.3. The standard InChI is InChI=1S/C18H16FN3O2/c19-15-6-4-13(5-7-15)11-18(24)22-16-3-1-2-14(10-16)12-21-17(23)8-9-20/h1-7,10H,8,11-12H2,(H,21,23)(H,22,24). The van der Waals surface area contributed by atoms with Gasteiger partial charge in [0, 0.05) is 12.2 Å². The van der Waals surface area contributed by atoms with Crippen LogP contribution in [0.1, 0.15) is 17.5 Å². The van der Waals surface area contributed by atoms with Crippen LogP contribution < -0.4 is 10.6 Å². The minimum absolute atomic E-state index is 0.142. The zero-order chi connectivity index (χ0) is 17.4. The molecule has 0 spiro atoms. The second kappa shape index (κ2) is 8.44. The number of nitrogens with zero attached hydrogens (tertiary/aromatic N) is 1. The summed E-state index contributed by atoms with van der Waals surface area (Å²) in [6.07, 6.45) is -0.0441. The molecular weight excluding hydrogens is 309 g/mol. The summed E-state index contributed by atoms with van der Waals surface area (Å²) in [6.45, 7) is 0.280. The molecule has 2 rings (SSSR count). The van der Waals surface area contributed by atoms with Crippen LogP contribution in [0.25, 0.3) is 0 Å². The van der Waals surface area contributed by atoms with Crippen LogP contribution >= 0.6 is 0 Å². The summed E-state index contributed by atoms with van der Waals surface area (Å²) in [5.41, 5.74) is 2.13. The molecule has 0 heterocycles. The van der Waals surface area contributed by atoms with Gasteiger partial charge in [0.05, 0.1) is 12.5 Å². The van der Waals surface area contributed by atoms with Crippen molar-refractivity contribution in [3.8, 4) is 6.07 Å². The van der Waals surface area contributed by atoms with E-state index in [-0.39, 0.29) is 37.0 Å². The fourth-order valence-electron chi connectivity index (χ4n) is 2.09. The third-order valence-corrected chi connectivity index (χ3v) is 3.22. The number of nitriles is 1. The number of halogens is 1. The van der Waals surface area contributed by atoms with E-state index in [0.29, 0.717) is 11.3 Å². The van der Waals surface area contributed by atoms with Crippen molar-refractivity contribution in [2.75, 3.05) is 5.32 Å². The molecule has 122 valence electrons. The maximum Gasteiger partial charge on any atom is 0.234 e. The second-order valence-electron chi connectivity index (χ2n) is 5.16. The fraction of sp³-hybridized carbons (Fsp3) is 0.167. The molecule has 0 bridgehead atoms. The molecule has 0 fully saturated rings. The zero-order valence-electron chi connectivity index (χ0n) is 12.9. The van der Waals surface area contributed by atoms with Crippen molar-refractivity contribution in [1.82, 2.24) is 5.32 Å². The summed E-state index contributed by atoms with van der Waals surface area (Å²) in [6, 6.07) is 14.6. The number of carbonyl (C=O) groups excluding carboxylic acids is 2. The van der Waals surface area contributed by atoms with E-state index in [0.717, 1.165) is 5.56 Å². The van der Waals surface area contributed by atoms with Gasteiger partial charge in [0.1, 0.15) is 12.2 Å². The molecular formula is C18H16FN3O2. The van der Waals surface area contributed by atoms with Gasteiger partial charge in [0.2, 0.25) is 11.8 Å². The Bertz CT molecular complexity index is 767. The molecule has 0 saturated heterocycles. The SMILES string of the molecule is N#CCC(=O)NCc1cccc(NC(=O)Cc2ccc(F)cc2)c1. The minimum atomic E-state index is -0.344. The lowest BCUT2D eigenvalue weighted by molar-refractivity contribution is -0.120. The maximum atomic E-state index is 12.8. The molecule has 0 unspecified atom stereocenters. The largest absolute Gasteiger partial charge is 0.351 e. The van der Waals surface area contributed by atoms with Crippen LogP contribution in [0.4, 0.5) is 10.1 Å². The second-order valence-corrected chi connectivity index (χ2v) is 5.16. The minimum Gasteiger partial charge on any atom is -0.351 e. The third-order valence-electron chi connectivity index (χ3n) is 3.22. The van der Waals surface area contributed by atoms with Gasteiger partial charge in [0.15, 0.2) is 0 Å². The lowest BCUT2D eigenvalue weighted by Gasteiger charge is -2.08. The average Bonchev–Trinajstić information content (AvgIpc) is 2.56. The number of rotatable bonds is 6. The third kappa shape index (κ3) is 5.54. The Balaban J connectivity index is 1.91. The highest BCUT2D eigenvalue weighted by Crippen LogP contribution is 2.12. The van der Waals surface area contributed by atoms with Crippen molar-refractivity contribution in [1.29, 1.82) is 5.26 Å². The van der Waals surface area contributed by atoms with Crippen molar-refractivity contribution in [3.63, 3.8) is 0 Å².